The van der Waals surface area contributed by atoms with Gasteiger partial charge in [-0.2, -0.15) is 0 Å². The van der Waals surface area contributed by atoms with Crippen LogP contribution in [0.2, 0.25) is 0 Å². The highest BCUT2D eigenvalue weighted by atomic mass is 19.1. The molecule has 0 aliphatic heterocycles. The number of hydrogen-bond donors (Lipinski definition) is 0. The van der Waals surface area contributed by atoms with Crippen molar-refractivity contribution >= 4 is 12.2 Å². The Bertz CT molecular complexity index is 1180. The minimum Gasteiger partial charge on any atom is -0.206 e. The lowest BCUT2D eigenvalue weighted by atomic mass is 9.75. The van der Waals surface area contributed by atoms with Gasteiger partial charge < -0.3 is 0 Å². The molecule has 2 saturated carbocycles. The van der Waals surface area contributed by atoms with Crippen LogP contribution in [0.15, 0.2) is 72.8 Å². The van der Waals surface area contributed by atoms with Gasteiger partial charge in [0, 0.05) is 5.56 Å². The molecule has 2 aliphatic rings. The smallest absolute Gasteiger partial charge is 0.130 e. The summed E-state index contributed by atoms with van der Waals surface area (Å²) in [7, 11) is 0. The van der Waals surface area contributed by atoms with E-state index >= 15 is 4.39 Å². The summed E-state index contributed by atoms with van der Waals surface area (Å²) >= 11 is 0. The molecule has 1 unspecified atom stereocenters. The molecule has 5 rings (SSSR count). The molecule has 0 spiro atoms. The fourth-order valence-corrected chi connectivity index (χ4v) is 7.34. The zero-order valence-electron chi connectivity index (χ0n) is 24.1. The van der Waals surface area contributed by atoms with Crippen molar-refractivity contribution in [2.24, 2.45) is 11.8 Å². The summed E-state index contributed by atoms with van der Waals surface area (Å²) in [5.74, 6) is 3.44. The predicted octanol–water partition coefficient (Wildman–Crippen LogP) is 11.5. The number of benzene rings is 3. The Hall–Kier alpha value is -2.67. The molecule has 0 radical (unpaired) electrons. The minimum absolute atomic E-state index is 0.0935. The first-order valence-corrected chi connectivity index (χ1v) is 15.7. The third-order valence-corrected chi connectivity index (χ3v) is 9.81. The Labute approximate surface area is 236 Å². The molecule has 0 saturated heterocycles. The molecule has 0 bridgehead atoms. The van der Waals surface area contributed by atoms with Gasteiger partial charge in [0.25, 0.3) is 0 Å². The molecular weight excluding hydrogens is 475 g/mol. The van der Waals surface area contributed by atoms with Crippen molar-refractivity contribution in [1.29, 1.82) is 0 Å². The van der Waals surface area contributed by atoms with E-state index in [1.807, 2.05) is 12.1 Å². The van der Waals surface area contributed by atoms with Gasteiger partial charge in [-0.05, 0) is 116 Å². The van der Waals surface area contributed by atoms with E-state index in [9.17, 15) is 0 Å². The highest BCUT2D eigenvalue weighted by Gasteiger charge is 2.25. The van der Waals surface area contributed by atoms with Gasteiger partial charge in [0.1, 0.15) is 5.82 Å². The summed E-state index contributed by atoms with van der Waals surface area (Å²) in [6.45, 7) is 4.66. The van der Waals surface area contributed by atoms with Crippen LogP contribution in [0.5, 0.6) is 0 Å². The summed E-state index contributed by atoms with van der Waals surface area (Å²) in [4.78, 5) is 0. The van der Waals surface area contributed by atoms with Crippen LogP contribution < -0.4 is 0 Å². The van der Waals surface area contributed by atoms with Crippen LogP contribution in [0.25, 0.3) is 12.2 Å². The summed E-state index contributed by atoms with van der Waals surface area (Å²) < 4.78 is 15.1. The molecule has 39 heavy (non-hydrogen) atoms. The molecule has 0 aromatic heterocycles. The van der Waals surface area contributed by atoms with Crippen molar-refractivity contribution in [3.05, 3.63) is 106 Å². The molecule has 1 atom stereocenters. The van der Waals surface area contributed by atoms with Gasteiger partial charge >= 0.3 is 0 Å². The molecule has 2 aliphatic carbocycles. The Morgan fingerprint density at radius 3 is 1.97 bits per heavy atom. The standard InChI is InChI=1S/C38H47F/c1-3-7-29-10-17-33(18-11-29)34-19-12-30(13-20-34)14-23-36-24-25-37(27-38(36)39)35-21-15-31(16-22-35)26-28(2)32-8-5-4-6-9-32/h4-6,8-9,12-14,19-20,23-25,27-29,31,33,35H,3,7,10-11,15-18,21-22,26H2,1-2H3. The molecule has 1 heteroatoms. The lowest BCUT2D eigenvalue weighted by Crippen LogP contribution is -2.15. The van der Waals surface area contributed by atoms with Crippen molar-refractivity contribution in [1.82, 2.24) is 0 Å². The summed E-state index contributed by atoms with van der Waals surface area (Å²) in [5.41, 5.74) is 5.93. The maximum absolute atomic E-state index is 15.1. The predicted molar refractivity (Wildman–Crippen MR) is 166 cm³/mol. The van der Waals surface area contributed by atoms with E-state index in [1.165, 1.54) is 87.3 Å². The van der Waals surface area contributed by atoms with E-state index in [1.54, 1.807) is 6.07 Å². The van der Waals surface area contributed by atoms with Crippen molar-refractivity contribution < 1.29 is 4.39 Å². The Morgan fingerprint density at radius 1 is 0.718 bits per heavy atom. The van der Waals surface area contributed by atoms with Gasteiger partial charge in [-0.25, -0.2) is 4.39 Å². The lowest BCUT2D eigenvalue weighted by Gasteiger charge is -2.30. The average Bonchev–Trinajstić information content (AvgIpc) is 2.98. The summed E-state index contributed by atoms with van der Waals surface area (Å²) in [5, 5.41) is 0. The monoisotopic (exact) mass is 522 g/mol. The second-order valence-corrected chi connectivity index (χ2v) is 12.6. The van der Waals surface area contributed by atoms with Crippen molar-refractivity contribution in [2.45, 2.75) is 102 Å². The topological polar surface area (TPSA) is 0 Å². The van der Waals surface area contributed by atoms with Gasteiger partial charge in [-0.3, -0.25) is 0 Å². The minimum atomic E-state index is -0.0935. The fourth-order valence-electron chi connectivity index (χ4n) is 7.34. The third-order valence-electron chi connectivity index (χ3n) is 9.81. The van der Waals surface area contributed by atoms with E-state index in [4.69, 9.17) is 0 Å². The van der Waals surface area contributed by atoms with Crippen LogP contribution in [0.3, 0.4) is 0 Å². The second-order valence-electron chi connectivity index (χ2n) is 12.6. The maximum Gasteiger partial charge on any atom is 0.130 e. The number of halogens is 1. The zero-order valence-corrected chi connectivity index (χ0v) is 24.1. The number of hydrogen-bond acceptors (Lipinski definition) is 0. The van der Waals surface area contributed by atoms with Gasteiger partial charge in [-0.1, -0.05) is 106 Å². The van der Waals surface area contributed by atoms with E-state index < -0.39 is 0 Å². The van der Waals surface area contributed by atoms with Gasteiger partial charge in [-0.15, -0.1) is 0 Å². The average molecular weight is 523 g/mol. The van der Waals surface area contributed by atoms with Crippen LogP contribution in [0, 0.1) is 17.7 Å². The van der Waals surface area contributed by atoms with E-state index in [0.29, 0.717) is 23.3 Å². The summed E-state index contributed by atoms with van der Waals surface area (Å²) in [6, 6.07) is 25.8. The molecule has 3 aromatic rings. The highest BCUT2D eigenvalue weighted by Crippen LogP contribution is 2.40. The first kappa shape index (κ1) is 27.9. The molecule has 0 amide bonds. The van der Waals surface area contributed by atoms with Crippen molar-refractivity contribution in [2.75, 3.05) is 0 Å². The van der Waals surface area contributed by atoms with Crippen molar-refractivity contribution in [3.63, 3.8) is 0 Å². The van der Waals surface area contributed by atoms with E-state index in [0.717, 1.165) is 17.4 Å². The van der Waals surface area contributed by atoms with Gasteiger partial charge in [0.15, 0.2) is 0 Å². The first-order chi connectivity index (χ1) is 19.1. The third kappa shape index (κ3) is 7.50. The van der Waals surface area contributed by atoms with Gasteiger partial charge in [0.05, 0.1) is 0 Å². The quantitative estimate of drug-likeness (QED) is 0.245. The Morgan fingerprint density at radius 2 is 1.33 bits per heavy atom. The Balaban J connectivity index is 1.12. The molecule has 206 valence electrons. The van der Waals surface area contributed by atoms with Crippen molar-refractivity contribution in [3.8, 4) is 0 Å². The SMILES string of the molecule is CCCC1CCC(c2ccc(C=Cc3ccc(C4CCC(CC(C)c5ccccc5)CC4)cc3F)cc2)CC1. The molecule has 3 aromatic carbocycles. The van der Waals surface area contributed by atoms with E-state index in [2.05, 4.69) is 80.6 Å². The highest BCUT2D eigenvalue weighted by molar-refractivity contribution is 5.70. The van der Waals surface area contributed by atoms with Crippen LogP contribution in [0.4, 0.5) is 4.39 Å². The van der Waals surface area contributed by atoms with Crippen LogP contribution in [-0.2, 0) is 0 Å². The largest absolute Gasteiger partial charge is 0.206 e. The molecule has 0 heterocycles. The summed E-state index contributed by atoms with van der Waals surface area (Å²) in [6.07, 6.45) is 18.2. The first-order valence-electron chi connectivity index (χ1n) is 15.7. The second kappa shape index (κ2) is 13.6. The number of rotatable bonds is 9. The maximum atomic E-state index is 15.1. The van der Waals surface area contributed by atoms with Crippen LogP contribution >= 0.6 is 0 Å². The molecular formula is C38H47F. The molecule has 0 nitrogen and oxygen atoms in total. The van der Waals surface area contributed by atoms with Gasteiger partial charge in [0.2, 0.25) is 0 Å². The van der Waals surface area contributed by atoms with E-state index in [-0.39, 0.29) is 5.82 Å². The van der Waals surface area contributed by atoms with Crippen LogP contribution in [0.1, 0.15) is 130 Å². The molecule has 2 fully saturated rings. The Kier molecular flexibility index (Phi) is 9.72. The fraction of sp³-hybridized carbons (Fsp3) is 0.474. The van der Waals surface area contributed by atoms with Crippen LogP contribution in [-0.4, -0.2) is 0 Å². The zero-order chi connectivity index (χ0) is 27.0. The molecule has 0 N–H and O–H groups in total. The lowest BCUT2D eigenvalue weighted by molar-refractivity contribution is 0.297. The normalized spacial score (nSPS) is 24.6.